The molecule has 0 radical (unpaired) electrons. The van der Waals surface area contributed by atoms with E-state index in [2.05, 4.69) is 6.92 Å². The maximum Gasteiger partial charge on any atom is 0.250 e. The zero-order chi connectivity index (χ0) is 19.0. The maximum atomic E-state index is 13.6. The largest absolute Gasteiger partial charge is 0.328 e. The van der Waals surface area contributed by atoms with Crippen molar-refractivity contribution >= 4 is 23.4 Å². The SMILES string of the molecule is CC1CCC(N2CC(=O)N(C3CCCC3)[C@@H](c3ccc(Cl)cc3)C2=O)CC1. The van der Waals surface area contributed by atoms with Gasteiger partial charge in [-0.05, 0) is 62.1 Å². The first-order valence-electron chi connectivity index (χ1n) is 10.4. The van der Waals surface area contributed by atoms with Crippen molar-refractivity contribution in [3.63, 3.8) is 0 Å². The highest BCUT2D eigenvalue weighted by Crippen LogP contribution is 2.38. The average Bonchev–Trinajstić information content (AvgIpc) is 3.19. The van der Waals surface area contributed by atoms with Crippen LogP contribution in [0.2, 0.25) is 5.02 Å². The van der Waals surface area contributed by atoms with Crippen molar-refractivity contribution in [3.8, 4) is 0 Å². The zero-order valence-corrected chi connectivity index (χ0v) is 16.8. The molecular weight excluding hydrogens is 360 g/mol. The Morgan fingerprint density at radius 3 is 2.15 bits per heavy atom. The fourth-order valence-corrected chi connectivity index (χ4v) is 5.26. The van der Waals surface area contributed by atoms with Gasteiger partial charge in [-0.1, -0.05) is 43.5 Å². The van der Waals surface area contributed by atoms with Crippen LogP contribution in [0, 0.1) is 5.92 Å². The molecule has 27 heavy (non-hydrogen) atoms. The highest BCUT2D eigenvalue weighted by atomic mass is 35.5. The highest BCUT2D eigenvalue weighted by Gasteiger charge is 2.46. The predicted molar refractivity (Wildman–Crippen MR) is 106 cm³/mol. The van der Waals surface area contributed by atoms with Gasteiger partial charge in [0, 0.05) is 17.1 Å². The molecule has 0 aromatic heterocycles. The van der Waals surface area contributed by atoms with Crippen molar-refractivity contribution in [2.75, 3.05) is 6.54 Å². The molecule has 3 aliphatic rings. The molecule has 5 heteroatoms. The van der Waals surface area contributed by atoms with E-state index >= 15 is 0 Å². The molecule has 146 valence electrons. The second-order valence-electron chi connectivity index (χ2n) is 8.57. The normalized spacial score (nSPS) is 30.2. The average molecular weight is 389 g/mol. The molecule has 4 nitrogen and oxygen atoms in total. The van der Waals surface area contributed by atoms with Gasteiger partial charge >= 0.3 is 0 Å². The number of carbonyl (C=O) groups excluding carboxylic acids is 2. The number of amides is 2. The van der Waals surface area contributed by atoms with E-state index in [0.717, 1.165) is 62.8 Å². The Balaban J connectivity index is 1.65. The number of nitrogens with zero attached hydrogens (tertiary/aromatic N) is 2. The van der Waals surface area contributed by atoms with Crippen LogP contribution in [0.15, 0.2) is 24.3 Å². The van der Waals surface area contributed by atoms with Gasteiger partial charge in [0.1, 0.15) is 12.6 Å². The molecule has 0 spiro atoms. The monoisotopic (exact) mass is 388 g/mol. The van der Waals surface area contributed by atoms with Gasteiger partial charge < -0.3 is 9.80 Å². The van der Waals surface area contributed by atoms with Crippen molar-refractivity contribution in [1.29, 1.82) is 0 Å². The number of halogens is 1. The summed E-state index contributed by atoms with van der Waals surface area (Å²) in [5.74, 6) is 0.933. The van der Waals surface area contributed by atoms with E-state index in [1.807, 2.05) is 34.1 Å². The molecule has 1 aromatic carbocycles. The number of rotatable bonds is 3. The third-order valence-corrected chi connectivity index (χ3v) is 6.97. The van der Waals surface area contributed by atoms with Crippen LogP contribution < -0.4 is 0 Å². The molecule has 0 unspecified atom stereocenters. The minimum Gasteiger partial charge on any atom is -0.328 e. The Hall–Kier alpha value is -1.55. The molecule has 2 amide bonds. The molecule has 0 bridgehead atoms. The Morgan fingerprint density at radius 1 is 0.889 bits per heavy atom. The molecule has 1 saturated heterocycles. The van der Waals surface area contributed by atoms with Crippen LogP contribution in [-0.4, -0.2) is 40.2 Å². The Bertz CT molecular complexity index is 691. The van der Waals surface area contributed by atoms with Crippen LogP contribution in [-0.2, 0) is 9.59 Å². The second-order valence-corrected chi connectivity index (χ2v) is 9.01. The lowest BCUT2D eigenvalue weighted by atomic mass is 9.85. The summed E-state index contributed by atoms with van der Waals surface area (Å²) in [6.07, 6.45) is 8.59. The van der Waals surface area contributed by atoms with Crippen molar-refractivity contribution in [2.24, 2.45) is 5.92 Å². The molecule has 0 N–H and O–H groups in total. The number of carbonyl (C=O) groups is 2. The third kappa shape index (κ3) is 3.73. The first kappa shape index (κ1) is 18.8. The Labute approximate surface area is 166 Å². The van der Waals surface area contributed by atoms with Crippen LogP contribution in [0.1, 0.15) is 69.9 Å². The maximum absolute atomic E-state index is 13.6. The van der Waals surface area contributed by atoms with Crippen LogP contribution in [0.4, 0.5) is 0 Å². The van der Waals surface area contributed by atoms with Crippen LogP contribution in [0.3, 0.4) is 0 Å². The first-order chi connectivity index (χ1) is 13.0. The summed E-state index contributed by atoms with van der Waals surface area (Å²) in [6, 6.07) is 7.37. The molecule has 1 aromatic rings. The molecule has 1 aliphatic heterocycles. The molecular formula is C22H29ClN2O2. The number of hydrogen-bond acceptors (Lipinski definition) is 2. The van der Waals surface area contributed by atoms with E-state index < -0.39 is 6.04 Å². The van der Waals surface area contributed by atoms with E-state index in [1.165, 1.54) is 0 Å². The van der Waals surface area contributed by atoms with Gasteiger partial charge in [0.2, 0.25) is 5.91 Å². The fraction of sp³-hybridized carbons (Fsp3) is 0.636. The summed E-state index contributed by atoms with van der Waals surface area (Å²) in [5.41, 5.74) is 0.888. The standard InChI is InChI=1S/C22H29ClN2O2/c1-15-6-12-18(13-7-15)24-14-20(26)25(19-4-2-3-5-19)21(22(24)27)16-8-10-17(23)11-9-16/h8-11,15,18-19,21H,2-7,12-14H2,1H3/t15?,18?,21-/m0/s1. The molecule has 3 fully saturated rings. The fourth-order valence-electron chi connectivity index (χ4n) is 5.13. The molecule has 1 heterocycles. The van der Waals surface area contributed by atoms with Crippen LogP contribution >= 0.6 is 11.6 Å². The van der Waals surface area contributed by atoms with Gasteiger partial charge in [-0.2, -0.15) is 0 Å². The quantitative estimate of drug-likeness (QED) is 0.760. The highest BCUT2D eigenvalue weighted by molar-refractivity contribution is 6.30. The topological polar surface area (TPSA) is 40.6 Å². The van der Waals surface area contributed by atoms with Gasteiger partial charge in [-0.15, -0.1) is 0 Å². The lowest BCUT2D eigenvalue weighted by molar-refractivity contribution is -0.162. The van der Waals surface area contributed by atoms with Crippen molar-refractivity contribution < 1.29 is 9.59 Å². The second kappa shape index (κ2) is 7.83. The Morgan fingerprint density at radius 2 is 1.52 bits per heavy atom. The first-order valence-corrected chi connectivity index (χ1v) is 10.8. The van der Waals surface area contributed by atoms with E-state index in [0.29, 0.717) is 5.02 Å². The molecule has 1 atom stereocenters. The van der Waals surface area contributed by atoms with Gasteiger partial charge in [0.05, 0.1) is 0 Å². The van der Waals surface area contributed by atoms with Gasteiger partial charge in [0.25, 0.3) is 5.91 Å². The van der Waals surface area contributed by atoms with E-state index in [-0.39, 0.29) is 30.4 Å². The van der Waals surface area contributed by atoms with Crippen molar-refractivity contribution in [1.82, 2.24) is 9.80 Å². The third-order valence-electron chi connectivity index (χ3n) is 6.72. The van der Waals surface area contributed by atoms with E-state index in [4.69, 9.17) is 11.6 Å². The van der Waals surface area contributed by atoms with Crippen LogP contribution in [0.25, 0.3) is 0 Å². The molecule has 2 saturated carbocycles. The summed E-state index contributed by atoms with van der Waals surface area (Å²) in [5, 5.41) is 0.652. The van der Waals surface area contributed by atoms with E-state index in [9.17, 15) is 9.59 Å². The summed E-state index contributed by atoms with van der Waals surface area (Å²) >= 11 is 6.07. The predicted octanol–water partition coefficient (Wildman–Crippen LogP) is 4.57. The molecule has 2 aliphatic carbocycles. The van der Waals surface area contributed by atoms with Gasteiger partial charge in [0.15, 0.2) is 0 Å². The summed E-state index contributed by atoms with van der Waals surface area (Å²) in [4.78, 5) is 30.6. The summed E-state index contributed by atoms with van der Waals surface area (Å²) in [6.45, 7) is 2.52. The minimum absolute atomic E-state index is 0.100. The minimum atomic E-state index is -0.494. The lowest BCUT2D eigenvalue weighted by Gasteiger charge is -2.47. The smallest absolute Gasteiger partial charge is 0.250 e. The van der Waals surface area contributed by atoms with Crippen molar-refractivity contribution in [3.05, 3.63) is 34.9 Å². The summed E-state index contributed by atoms with van der Waals surface area (Å²) < 4.78 is 0. The number of hydrogen-bond donors (Lipinski definition) is 0. The lowest BCUT2D eigenvalue weighted by Crippen LogP contribution is -2.60. The number of benzene rings is 1. The van der Waals surface area contributed by atoms with Gasteiger partial charge in [-0.25, -0.2) is 0 Å². The van der Waals surface area contributed by atoms with E-state index in [1.54, 1.807) is 0 Å². The Kier molecular flexibility index (Phi) is 5.45. The number of piperazine rings is 1. The van der Waals surface area contributed by atoms with Crippen LogP contribution in [0.5, 0.6) is 0 Å². The zero-order valence-electron chi connectivity index (χ0n) is 16.1. The summed E-state index contributed by atoms with van der Waals surface area (Å²) in [7, 11) is 0. The molecule has 4 rings (SSSR count). The van der Waals surface area contributed by atoms with Crippen molar-refractivity contribution in [2.45, 2.75) is 76.4 Å². The van der Waals surface area contributed by atoms with Gasteiger partial charge in [-0.3, -0.25) is 9.59 Å².